The summed E-state index contributed by atoms with van der Waals surface area (Å²) in [5.41, 5.74) is 1.07. The highest BCUT2D eigenvalue weighted by Gasteiger charge is 2.18. The molecule has 0 aromatic carbocycles. The molecule has 2 rings (SSSR count). The summed E-state index contributed by atoms with van der Waals surface area (Å²) < 4.78 is 1.95. The Morgan fingerprint density at radius 1 is 1.19 bits per heavy atom. The van der Waals surface area contributed by atoms with Crippen LogP contribution in [0.2, 0.25) is 0 Å². The number of aryl methyl sites for hydroxylation is 1. The fraction of sp³-hybridized carbons (Fsp3) is 0.600. The first-order valence-electron chi connectivity index (χ1n) is 7.52. The fourth-order valence-corrected chi connectivity index (χ4v) is 2.19. The molecule has 2 aromatic rings. The van der Waals surface area contributed by atoms with E-state index < -0.39 is 0 Å². The van der Waals surface area contributed by atoms with Crippen molar-refractivity contribution in [1.29, 1.82) is 0 Å². The second-order valence-electron chi connectivity index (χ2n) is 5.54. The van der Waals surface area contributed by atoms with Crippen molar-refractivity contribution in [1.82, 2.24) is 30.0 Å². The van der Waals surface area contributed by atoms with E-state index in [0.717, 1.165) is 36.6 Å². The minimum Gasteiger partial charge on any atom is -0.307 e. The first kappa shape index (κ1) is 15.6. The molecule has 2 heterocycles. The number of aromatic nitrogens is 5. The molecule has 0 aliphatic rings. The van der Waals surface area contributed by atoms with Crippen LogP contribution in [0.3, 0.4) is 0 Å². The molecule has 2 aromatic heterocycles. The highest BCUT2D eigenvalue weighted by atomic mass is 15.3. The maximum atomic E-state index is 4.46. The van der Waals surface area contributed by atoms with E-state index in [-0.39, 0.29) is 6.04 Å². The van der Waals surface area contributed by atoms with Crippen LogP contribution in [0.1, 0.15) is 56.5 Å². The molecule has 1 atom stereocenters. The van der Waals surface area contributed by atoms with Crippen LogP contribution in [0.25, 0.3) is 0 Å². The average molecular weight is 288 g/mol. The molecule has 0 fully saturated rings. The third-order valence-electron chi connectivity index (χ3n) is 3.28. The minimum absolute atomic E-state index is 0.0623. The predicted octanol–water partition coefficient (Wildman–Crippen LogP) is 2.24. The highest BCUT2D eigenvalue weighted by molar-refractivity contribution is 5.06. The Kier molecular flexibility index (Phi) is 5.38. The molecule has 0 radical (unpaired) electrons. The van der Waals surface area contributed by atoms with E-state index in [1.807, 2.05) is 24.0 Å². The lowest BCUT2D eigenvalue weighted by atomic mass is 10.1. The SMILES string of the molecule is CCCNC(Cc1ncnn1C(C)C)c1ncc(C)cn1. The van der Waals surface area contributed by atoms with Gasteiger partial charge in [-0.15, -0.1) is 0 Å². The molecule has 0 aliphatic carbocycles. The van der Waals surface area contributed by atoms with Gasteiger partial charge in [-0.2, -0.15) is 5.10 Å². The van der Waals surface area contributed by atoms with Crippen molar-refractivity contribution in [2.24, 2.45) is 0 Å². The maximum absolute atomic E-state index is 4.46. The molecule has 6 heteroatoms. The molecular weight excluding hydrogens is 264 g/mol. The number of nitrogens with one attached hydrogen (secondary N) is 1. The van der Waals surface area contributed by atoms with Crippen LogP contribution in [0.4, 0.5) is 0 Å². The Morgan fingerprint density at radius 2 is 1.90 bits per heavy atom. The maximum Gasteiger partial charge on any atom is 0.145 e. The van der Waals surface area contributed by atoms with Gasteiger partial charge < -0.3 is 5.32 Å². The van der Waals surface area contributed by atoms with Crippen molar-refractivity contribution in [3.05, 3.63) is 35.9 Å². The van der Waals surface area contributed by atoms with Crippen LogP contribution in [0.15, 0.2) is 18.7 Å². The molecule has 0 amide bonds. The van der Waals surface area contributed by atoms with E-state index in [2.05, 4.69) is 46.1 Å². The lowest BCUT2D eigenvalue weighted by molar-refractivity contribution is 0.451. The predicted molar refractivity (Wildman–Crippen MR) is 81.9 cm³/mol. The van der Waals surface area contributed by atoms with E-state index in [1.165, 1.54) is 0 Å². The Morgan fingerprint density at radius 3 is 2.52 bits per heavy atom. The van der Waals surface area contributed by atoms with Gasteiger partial charge in [0, 0.05) is 24.9 Å². The molecule has 0 bridgehead atoms. The fourth-order valence-electron chi connectivity index (χ4n) is 2.19. The molecule has 0 saturated heterocycles. The van der Waals surface area contributed by atoms with Crippen molar-refractivity contribution in [3.8, 4) is 0 Å². The van der Waals surface area contributed by atoms with Crippen LogP contribution in [-0.2, 0) is 6.42 Å². The van der Waals surface area contributed by atoms with Crippen molar-refractivity contribution in [2.75, 3.05) is 6.54 Å². The second kappa shape index (κ2) is 7.26. The van der Waals surface area contributed by atoms with Crippen molar-refractivity contribution in [3.63, 3.8) is 0 Å². The summed E-state index contributed by atoms with van der Waals surface area (Å²) in [5.74, 6) is 1.77. The van der Waals surface area contributed by atoms with Crippen molar-refractivity contribution >= 4 is 0 Å². The van der Waals surface area contributed by atoms with E-state index in [0.29, 0.717) is 6.04 Å². The van der Waals surface area contributed by atoms with Crippen molar-refractivity contribution in [2.45, 2.75) is 52.6 Å². The lowest BCUT2D eigenvalue weighted by Crippen LogP contribution is -2.27. The molecule has 1 unspecified atom stereocenters. The highest BCUT2D eigenvalue weighted by Crippen LogP contribution is 2.16. The van der Waals surface area contributed by atoms with Crippen LogP contribution in [-0.4, -0.2) is 31.3 Å². The Balaban J connectivity index is 2.19. The van der Waals surface area contributed by atoms with Gasteiger partial charge >= 0.3 is 0 Å². The number of nitrogens with zero attached hydrogens (tertiary/aromatic N) is 5. The summed E-state index contributed by atoms with van der Waals surface area (Å²) >= 11 is 0. The summed E-state index contributed by atoms with van der Waals surface area (Å²) in [6.45, 7) is 9.28. The van der Waals surface area contributed by atoms with E-state index in [9.17, 15) is 0 Å². The normalized spacial score (nSPS) is 12.8. The first-order valence-corrected chi connectivity index (χ1v) is 7.52. The molecule has 6 nitrogen and oxygen atoms in total. The monoisotopic (exact) mass is 288 g/mol. The topological polar surface area (TPSA) is 68.5 Å². The average Bonchev–Trinajstić information content (AvgIpc) is 2.93. The van der Waals surface area contributed by atoms with E-state index >= 15 is 0 Å². The standard InChI is InChI=1S/C15H24N6/c1-5-6-16-13(15-17-8-12(4)9-18-15)7-14-19-10-20-21(14)11(2)3/h8-11,13,16H,5-7H2,1-4H3. The molecule has 114 valence electrons. The summed E-state index contributed by atoms with van der Waals surface area (Å²) in [7, 11) is 0. The van der Waals surface area contributed by atoms with Gasteiger partial charge in [-0.3, -0.25) is 0 Å². The Bertz CT molecular complexity index is 546. The largest absolute Gasteiger partial charge is 0.307 e. The molecule has 0 spiro atoms. The summed E-state index contributed by atoms with van der Waals surface area (Å²) in [5, 5.41) is 7.80. The van der Waals surface area contributed by atoms with E-state index in [4.69, 9.17) is 0 Å². The smallest absolute Gasteiger partial charge is 0.145 e. The van der Waals surface area contributed by atoms with Crippen LogP contribution < -0.4 is 5.32 Å². The summed E-state index contributed by atoms with van der Waals surface area (Å²) in [4.78, 5) is 13.3. The van der Waals surface area contributed by atoms with Gasteiger partial charge in [-0.25, -0.2) is 19.6 Å². The molecular formula is C15H24N6. The Labute approximate surface area is 126 Å². The zero-order chi connectivity index (χ0) is 15.2. The molecule has 0 saturated carbocycles. The number of hydrogen-bond donors (Lipinski definition) is 1. The zero-order valence-electron chi connectivity index (χ0n) is 13.2. The third-order valence-corrected chi connectivity index (χ3v) is 3.28. The lowest BCUT2D eigenvalue weighted by Gasteiger charge is -2.18. The number of rotatable bonds is 7. The van der Waals surface area contributed by atoms with Crippen LogP contribution in [0, 0.1) is 6.92 Å². The van der Waals surface area contributed by atoms with E-state index in [1.54, 1.807) is 6.33 Å². The molecule has 0 aliphatic heterocycles. The first-order chi connectivity index (χ1) is 10.1. The molecule has 21 heavy (non-hydrogen) atoms. The zero-order valence-corrected chi connectivity index (χ0v) is 13.2. The summed E-state index contributed by atoms with van der Waals surface area (Å²) in [6.07, 6.45) is 7.13. The Hall–Kier alpha value is -1.82. The van der Waals surface area contributed by atoms with Gasteiger partial charge in [0.05, 0.1) is 6.04 Å². The molecule has 1 N–H and O–H groups in total. The third kappa shape index (κ3) is 4.07. The minimum atomic E-state index is 0.0623. The van der Waals surface area contributed by atoms with Gasteiger partial charge in [0.15, 0.2) is 0 Å². The van der Waals surface area contributed by atoms with Crippen LogP contribution in [0.5, 0.6) is 0 Å². The number of hydrogen-bond acceptors (Lipinski definition) is 5. The second-order valence-corrected chi connectivity index (χ2v) is 5.54. The van der Waals surface area contributed by atoms with Gasteiger partial charge in [0.25, 0.3) is 0 Å². The summed E-state index contributed by atoms with van der Waals surface area (Å²) in [6, 6.07) is 0.362. The van der Waals surface area contributed by atoms with Crippen molar-refractivity contribution < 1.29 is 0 Å². The van der Waals surface area contributed by atoms with Gasteiger partial charge in [0.1, 0.15) is 18.0 Å². The van der Waals surface area contributed by atoms with Crippen LogP contribution >= 0.6 is 0 Å². The van der Waals surface area contributed by atoms with Gasteiger partial charge in [0.2, 0.25) is 0 Å². The quantitative estimate of drug-likeness (QED) is 0.846. The van der Waals surface area contributed by atoms with Gasteiger partial charge in [-0.1, -0.05) is 6.92 Å². The van der Waals surface area contributed by atoms with Gasteiger partial charge in [-0.05, 0) is 39.3 Å².